The minimum Gasteiger partial charge on any atom is -0.485 e. The van der Waals surface area contributed by atoms with Gasteiger partial charge in [-0.25, -0.2) is 0 Å². The first-order valence-electron chi connectivity index (χ1n) is 6.73. The highest BCUT2D eigenvalue weighted by Crippen LogP contribution is 2.35. The zero-order valence-electron chi connectivity index (χ0n) is 11.3. The van der Waals surface area contributed by atoms with E-state index in [1.807, 2.05) is 31.2 Å². The molecule has 2 aromatic rings. The van der Waals surface area contributed by atoms with Gasteiger partial charge < -0.3 is 19.7 Å². The molecule has 0 saturated heterocycles. The fourth-order valence-electron chi connectivity index (χ4n) is 2.13. The van der Waals surface area contributed by atoms with Crippen LogP contribution in [-0.2, 0) is 0 Å². The molecular weight excluding hydrogens is 258 g/mol. The quantitative estimate of drug-likeness (QED) is 0.919. The summed E-state index contributed by atoms with van der Waals surface area (Å²) < 4.78 is 16.8. The summed E-state index contributed by atoms with van der Waals surface area (Å²) in [6, 6.07) is 7.53. The van der Waals surface area contributed by atoms with Gasteiger partial charge in [0.25, 0.3) is 0 Å². The van der Waals surface area contributed by atoms with Crippen molar-refractivity contribution in [2.75, 3.05) is 13.2 Å². The molecule has 2 atom stereocenters. The number of nitrogens with two attached hydrogens (primary N) is 1. The molecule has 0 saturated carbocycles. The smallest absolute Gasteiger partial charge is 0.231 e. The van der Waals surface area contributed by atoms with Gasteiger partial charge in [0.2, 0.25) is 11.7 Å². The molecule has 20 heavy (non-hydrogen) atoms. The van der Waals surface area contributed by atoms with Crippen LogP contribution >= 0.6 is 0 Å². The molecule has 1 aromatic carbocycles. The topological polar surface area (TPSA) is 83.4 Å². The number of para-hydroxylation sites is 2. The van der Waals surface area contributed by atoms with Gasteiger partial charge in [0.15, 0.2) is 17.6 Å². The second-order valence-corrected chi connectivity index (χ2v) is 4.70. The first-order valence-corrected chi connectivity index (χ1v) is 6.73. The van der Waals surface area contributed by atoms with E-state index in [2.05, 4.69) is 10.1 Å². The van der Waals surface area contributed by atoms with Crippen LogP contribution in [0.2, 0.25) is 0 Å². The number of ether oxygens (including phenoxy) is 2. The highest BCUT2D eigenvalue weighted by Gasteiger charge is 2.27. The summed E-state index contributed by atoms with van der Waals surface area (Å²) in [6.07, 6.45) is 0.515. The summed E-state index contributed by atoms with van der Waals surface area (Å²) in [6.45, 7) is 2.90. The average Bonchev–Trinajstić information content (AvgIpc) is 2.98. The molecule has 6 nitrogen and oxygen atoms in total. The fourth-order valence-corrected chi connectivity index (χ4v) is 2.13. The molecule has 2 N–H and O–H groups in total. The Hall–Kier alpha value is -2.08. The molecule has 2 unspecified atom stereocenters. The standard InChI is InChI=1S/C14H17N3O3/c1-2-9(7-15)14-16-13(17-20-14)12-8-18-10-5-3-4-6-11(10)19-12/h3-6,9,12H,2,7-8,15H2,1H3. The predicted octanol–water partition coefficient (Wildman–Crippen LogP) is 2.03. The van der Waals surface area contributed by atoms with E-state index in [1.165, 1.54) is 0 Å². The maximum atomic E-state index is 5.84. The van der Waals surface area contributed by atoms with Gasteiger partial charge in [-0.1, -0.05) is 24.2 Å². The minimum absolute atomic E-state index is 0.0908. The molecule has 1 aliphatic heterocycles. The third-order valence-corrected chi connectivity index (χ3v) is 3.38. The van der Waals surface area contributed by atoms with Crippen molar-refractivity contribution in [1.29, 1.82) is 0 Å². The van der Waals surface area contributed by atoms with E-state index in [0.717, 1.165) is 12.2 Å². The van der Waals surface area contributed by atoms with Crippen molar-refractivity contribution in [3.8, 4) is 11.5 Å². The summed E-state index contributed by atoms with van der Waals surface area (Å²) in [5.74, 6) is 2.59. The van der Waals surface area contributed by atoms with Crippen LogP contribution in [0.15, 0.2) is 28.8 Å². The summed E-state index contributed by atoms with van der Waals surface area (Å²) in [4.78, 5) is 4.39. The van der Waals surface area contributed by atoms with E-state index in [-0.39, 0.29) is 12.0 Å². The molecule has 0 radical (unpaired) electrons. The molecule has 0 amide bonds. The average molecular weight is 275 g/mol. The van der Waals surface area contributed by atoms with Gasteiger partial charge in [-0.05, 0) is 18.6 Å². The minimum atomic E-state index is -0.349. The van der Waals surface area contributed by atoms with Crippen molar-refractivity contribution >= 4 is 0 Å². The van der Waals surface area contributed by atoms with Crippen LogP contribution in [0.1, 0.15) is 37.1 Å². The van der Waals surface area contributed by atoms with Gasteiger partial charge in [-0.3, -0.25) is 0 Å². The Bertz CT molecular complexity index is 581. The lowest BCUT2D eigenvalue weighted by Crippen LogP contribution is -2.22. The van der Waals surface area contributed by atoms with Gasteiger partial charge in [0, 0.05) is 6.54 Å². The Labute approximate surface area is 116 Å². The Morgan fingerprint density at radius 2 is 2.15 bits per heavy atom. The maximum absolute atomic E-state index is 5.84. The zero-order chi connectivity index (χ0) is 13.9. The zero-order valence-corrected chi connectivity index (χ0v) is 11.3. The normalized spacial score (nSPS) is 18.8. The van der Waals surface area contributed by atoms with Gasteiger partial charge in [0.05, 0.1) is 5.92 Å². The van der Waals surface area contributed by atoms with Gasteiger partial charge in [-0.2, -0.15) is 4.98 Å². The van der Waals surface area contributed by atoms with Crippen LogP contribution in [-0.4, -0.2) is 23.3 Å². The third kappa shape index (κ3) is 2.34. The number of hydrogen-bond acceptors (Lipinski definition) is 6. The maximum Gasteiger partial charge on any atom is 0.231 e. The van der Waals surface area contributed by atoms with Crippen molar-refractivity contribution < 1.29 is 14.0 Å². The Balaban J connectivity index is 1.78. The van der Waals surface area contributed by atoms with Crippen LogP contribution in [0, 0.1) is 0 Å². The molecule has 106 valence electrons. The Morgan fingerprint density at radius 1 is 1.35 bits per heavy atom. The molecule has 3 rings (SSSR count). The number of aromatic nitrogens is 2. The number of fused-ring (bicyclic) bond motifs is 1. The lowest BCUT2D eigenvalue weighted by molar-refractivity contribution is 0.0832. The van der Waals surface area contributed by atoms with Crippen LogP contribution < -0.4 is 15.2 Å². The number of nitrogens with zero attached hydrogens (tertiary/aromatic N) is 2. The summed E-state index contributed by atoms with van der Waals surface area (Å²) in [5.41, 5.74) is 5.68. The summed E-state index contributed by atoms with van der Waals surface area (Å²) in [7, 11) is 0. The molecular formula is C14H17N3O3. The molecule has 6 heteroatoms. The first-order chi connectivity index (χ1) is 9.81. The van der Waals surface area contributed by atoms with E-state index < -0.39 is 0 Å². The summed E-state index contributed by atoms with van der Waals surface area (Å²) >= 11 is 0. The Morgan fingerprint density at radius 3 is 2.90 bits per heavy atom. The summed E-state index contributed by atoms with van der Waals surface area (Å²) in [5, 5.41) is 3.98. The van der Waals surface area contributed by atoms with E-state index in [4.69, 9.17) is 19.7 Å². The van der Waals surface area contributed by atoms with Crippen LogP contribution in [0.25, 0.3) is 0 Å². The van der Waals surface area contributed by atoms with E-state index in [1.54, 1.807) is 0 Å². The van der Waals surface area contributed by atoms with E-state index in [0.29, 0.717) is 30.6 Å². The molecule has 2 heterocycles. The molecule has 0 bridgehead atoms. The molecule has 1 aromatic heterocycles. The predicted molar refractivity (Wildman–Crippen MR) is 71.7 cm³/mol. The second-order valence-electron chi connectivity index (χ2n) is 4.70. The van der Waals surface area contributed by atoms with Crippen LogP contribution in [0.3, 0.4) is 0 Å². The van der Waals surface area contributed by atoms with Gasteiger partial charge in [0.1, 0.15) is 6.61 Å². The van der Waals surface area contributed by atoms with Gasteiger partial charge in [-0.15, -0.1) is 0 Å². The van der Waals surface area contributed by atoms with Crippen LogP contribution in [0.5, 0.6) is 11.5 Å². The lowest BCUT2D eigenvalue weighted by Gasteiger charge is -2.24. The molecule has 0 fully saturated rings. The number of hydrogen-bond donors (Lipinski definition) is 1. The first kappa shape index (κ1) is 12.9. The van der Waals surface area contributed by atoms with Crippen molar-refractivity contribution in [3.05, 3.63) is 36.0 Å². The van der Waals surface area contributed by atoms with Crippen LogP contribution in [0.4, 0.5) is 0 Å². The SMILES string of the molecule is CCC(CN)c1nc(C2COc3ccccc3O2)no1. The largest absolute Gasteiger partial charge is 0.485 e. The lowest BCUT2D eigenvalue weighted by atomic mass is 10.1. The fraction of sp³-hybridized carbons (Fsp3) is 0.429. The van der Waals surface area contributed by atoms with E-state index in [9.17, 15) is 0 Å². The molecule has 0 aliphatic carbocycles. The van der Waals surface area contributed by atoms with Crippen molar-refractivity contribution in [1.82, 2.24) is 10.1 Å². The third-order valence-electron chi connectivity index (χ3n) is 3.38. The second kappa shape index (κ2) is 5.50. The monoisotopic (exact) mass is 275 g/mol. The Kier molecular flexibility index (Phi) is 3.56. The van der Waals surface area contributed by atoms with Crippen molar-refractivity contribution in [2.45, 2.75) is 25.4 Å². The van der Waals surface area contributed by atoms with Crippen molar-refractivity contribution in [2.24, 2.45) is 5.73 Å². The number of benzene rings is 1. The number of rotatable bonds is 4. The molecule has 0 spiro atoms. The highest BCUT2D eigenvalue weighted by molar-refractivity contribution is 5.40. The molecule has 1 aliphatic rings. The van der Waals surface area contributed by atoms with E-state index >= 15 is 0 Å². The van der Waals surface area contributed by atoms with Gasteiger partial charge >= 0.3 is 0 Å². The van der Waals surface area contributed by atoms with Crippen molar-refractivity contribution in [3.63, 3.8) is 0 Å². The highest BCUT2D eigenvalue weighted by atomic mass is 16.6.